The third kappa shape index (κ3) is 2.23. The summed E-state index contributed by atoms with van der Waals surface area (Å²) in [5.74, 6) is 0. The number of hydrogen-bond donors (Lipinski definition) is 0. The fourth-order valence-electron chi connectivity index (χ4n) is 3.22. The number of rotatable bonds is 1. The molecule has 2 aromatic heterocycles. The van der Waals surface area contributed by atoms with E-state index >= 15 is 0 Å². The van der Waals surface area contributed by atoms with Gasteiger partial charge in [0.1, 0.15) is 0 Å². The average Bonchev–Trinajstić information content (AvgIpc) is 3.00. The fourth-order valence-corrected chi connectivity index (χ4v) is 3.22. The van der Waals surface area contributed by atoms with Crippen LogP contribution < -0.4 is 4.98 Å². The molecule has 0 fully saturated rings. The summed E-state index contributed by atoms with van der Waals surface area (Å²) >= 11 is 0. The smallest absolute Gasteiger partial charge is 0.0709 e. The van der Waals surface area contributed by atoms with E-state index in [0.717, 1.165) is 33.2 Å². The number of pyridine rings is 1. The predicted octanol–water partition coefficient (Wildman–Crippen LogP) is 5.16. The third-order valence-corrected chi connectivity index (χ3v) is 4.34. The molecule has 0 saturated carbocycles. The van der Waals surface area contributed by atoms with Crippen molar-refractivity contribution in [3.05, 3.63) is 78.9 Å². The molecule has 0 amide bonds. The molecule has 5 aromatic rings. The van der Waals surface area contributed by atoms with Gasteiger partial charge in [-0.05, 0) is 28.5 Å². The molecule has 0 spiro atoms. The average molecular weight is 344 g/mol. The SMILES string of the molecule is [V].c1ccc2nc(-c3cccc4c3[n-]c3ccccc34)ccc2c1. The van der Waals surface area contributed by atoms with Gasteiger partial charge in [-0.3, -0.25) is 0 Å². The Labute approximate surface area is 151 Å². The molecule has 0 aliphatic rings. The van der Waals surface area contributed by atoms with Crippen molar-refractivity contribution in [1.29, 1.82) is 0 Å². The van der Waals surface area contributed by atoms with Crippen LogP contribution in [0.5, 0.6) is 0 Å². The topological polar surface area (TPSA) is 27.0 Å². The molecular formula is C21H13N2V-. The maximum absolute atomic E-state index is 4.83. The maximum atomic E-state index is 4.83. The predicted molar refractivity (Wildman–Crippen MR) is 95.5 cm³/mol. The first kappa shape index (κ1) is 15.0. The molecule has 1 radical (unpaired) electrons. The van der Waals surface area contributed by atoms with Crippen LogP contribution in [0.4, 0.5) is 0 Å². The van der Waals surface area contributed by atoms with E-state index in [2.05, 4.69) is 54.6 Å². The van der Waals surface area contributed by atoms with Gasteiger partial charge in [-0.25, -0.2) is 4.98 Å². The summed E-state index contributed by atoms with van der Waals surface area (Å²) in [6.45, 7) is 0. The van der Waals surface area contributed by atoms with Gasteiger partial charge in [-0.2, -0.15) is 0 Å². The number of nitrogens with zero attached hydrogens (tertiary/aromatic N) is 2. The van der Waals surface area contributed by atoms with Crippen LogP contribution in [0, 0.1) is 0 Å². The maximum Gasteiger partial charge on any atom is 0.0709 e. The van der Waals surface area contributed by atoms with Crippen LogP contribution in [-0.2, 0) is 18.6 Å². The number of fused-ring (bicyclic) bond motifs is 4. The summed E-state index contributed by atoms with van der Waals surface area (Å²) in [6.07, 6.45) is 0. The summed E-state index contributed by atoms with van der Waals surface area (Å²) < 4.78 is 0. The number of hydrogen-bond acceptors (Lipinski definition) is 1. The van der Waals surface area contributed by atoms with Gasteiger partial charge in [-0.1, -0.05) is 66.7 Å². The van der Waals surface area contributed by atoms with Crippen LogP contribution in [-0.4, -0.2) is 4.98 Å². The molecule has 24 heavy (non-hydrogen) atoms. The molecule has 0 unspecified atom stereocenters. The van der Waals surface area contributed by atoms with Gasteiger partial charge in [0, 0.05) is 23.9 Å². The molecule has 3 heteroatoms. The number of para-hydroxylation sites is 3. The van der Waals surface area contributed by atoms with Gasteiger partial charge in [0.25, 0.3) is 0 Å². The first-order valence-electron chi connectivity index (χ1n) is 7.70. The summed E-state index contributed by atoms with van der Waals surface area (Å²) in [4.78, 5) is 9.66. The molecule has 2 heterocycles. The van der Waals surface area contributed by atoms with E-state index in [0.29, 0.717) is 0 Å². The Hall–Kier alpha value is -2.55. The number of aromatic nitrogens is 2. The van der Waals surface area contributed by atoms with Gasteiger partial charge < -0.3 is 4.98 Å². The second-order valence-electron chi connectivity index (χ2n) is 5.72. The normalized spacial score (nSPS) is 11.0. The van der Waals surface area contributed by atoms with Crippen molar-refractivity contribution in [1.82, 2.24) is 9.97 Å². The Balaban J connectivity index is 0.00000146. The molecule has 5 rings (SSSR count). The minimum absolute atomic E-state index is 0. The van der Waals surface area contributed by atoms with E-state index in [9.17, 15) is 0 Å². The van der Waals surface area contributed by atoms with Crippen molar-refractivity contribution in [3.63, 3.8) is 0 Å². The van der Waals surface area contributed by atoms with Crippen molar-refractivity contribution in [2.75, 3.05) is 0 Å². The molecule has 3 aromatic carbocycles. The summed E-state index contributed by atoms with van der Waals surface area (Å²) in [7, 11) is 0. The van der Waals surface area contributed by atoms with Gasteiger partial charge in [0.2, 0.25) is 0 Å². The van der Waals surface area contributed by atoms with E-state index in [1.165, 1.54) is 10.8 Å². The molecule has 0 aliphatic carbocycles. The molecule has 0 aliphatic heterocycles. The standard InChI is InChI=1S/C21H13N2.V/c1-3-10-18-14(6-1)12-13-20(22-18)17-9-5-8-16-15-7-2-4-11-19(15)23-21(16)17;/h1-13H;/q-1;. The molecule has 0 saturated heterocycles. The van der Waals surface area contributed by atoms with Crippen LogP contribution in [0.2, 0.25) is 0 Å². The van der Waals surface area contributed by atoms with Gasteiger partial charge in [-0.15, -0.1) is 11.0 Å². The quantitative estimate of drug-likeness (QED) is 0.420. The van der Waals surface area contributed by atoms with Crippen LogP contribution in [0.25, 0.3) is 44.0 Å². The largest absolute Gasteiger partial charge is 0.656 e. The minimum atomic E-state index is 0. The van der Waals surface area contributed by atoms with E-state index in [4.69, 9.17) is 9.97 Å². The number of benzene rings is 3. The van der Waals surface area contributed by atoms with Crippen molar-refractivity contribution in [2.45, 2.75) is 0 Å². The third-order valence-electron chi connectivity index (χ3n) is 4.34. The summed E-state index contributed by atoms with van der Waals surface area (Å²) in [5, 5.41) is 3.54. The second kappa shape index (κ2) is 5.83. The fraction of sp³-hybridized carbons (Fsp3) is 0. The Morgan fingerprint density at radius 1 is 0.667 bits per heavy atom. The zero-order chi connectivity index (χ0) is 15.2. The van der Waals surface area contributed by atoms with Crippen LogP contribution in [0.1, 0.15) is 0 Å². The Morgan fingerprint density at radius 2 is 1.46 bits per heavy atom. The van der Waals surface area contributed by atoms with Crippen molar-refractivity contribution in [2.24, 2.45) is 0 Å². The van der Waals surface area contributed by atoms with Crippen LogP contribution in [0.15, 0.2) is 78.9 Å². The first-order chi connectivity index (χ1) is 11.4. The zero-order valence-corrected chi connectivity index (χ0v) is 14.2. The van der Waals surface area contributed by atoms with Crippen molar-refractivity contribution >= 4 is 32.7 Å². The van der Waals surface area contributed by atoms with Crippen LogP contribution >= 0.6 is 0 Å². The molecule has 0 N–H and O–H groups in total. The molecule has 2 nitrogen and oxygen atoms in total. The molecular weight excluding hydrogens is 331 g/mol. The second-order valence-corrected chi connectivity index (χ2v) is 5.72. The van der Waals surface area contributed by atoms with Gasteiger partial charge in [0.05, 0.1) is 11.2 Å². The zero-order valence-electron chi connectivity index (χ0n) is 12.8. The Bertz CT molecular complexity index is 1170. The van der Waals surface area contributed by atoms with Gasteiger partial charge >= 0.3 is 0 Å². The molecule has 113 valence electrons. The Morgan fingerprint density at radius 3 is 2.42 bits per heavy atom. The molecule has 0 bridgehead atoms. The summed E-state index contributed by atoms with van der Waals surface area (Å²) in [5.41, 5.74) is 5.13. The molecule has 0 atom stereocenters. The van der Waals surface area contributed by atoms with Crippen molar-refractivity contribution < 1.29 is 18.6 Å². The van der Waals surface area contributed by atoms with Gasteiger partial charge in [0.15, 0.2) is 0 Å². The summed E-state index contributed by atoms with van der Waals surface area (Å²) in [6, 6.07) is 27.0. The minimum Gasteiger partial charge on any atom is -0.656 e. The van der Waals surface area contributed by atoms with E-state index < -0.39 is 0 Å². The van der Waals surface area contributed by atoms with E-state index in [1.54, 1.807) is 0 Å². The monoisotopic (exact) mass is 344 g/mol. The van der Waals surface area contributed by atoms with E-state index in [1.807, 2.05) is 24.3 Å². The van der Waals surface area contributed by atoms with Crippen molar-refractivity contribution in [3.8, 4) is 11.3 Å². The van der Waals surface area contributed by atoms with Crippen LogP contribution in [0.3, 0.4) is 0 Å². The van der Waals surface area contributed by atoms with E-state index in [-0.39, 0.29) is 18.6 Å². The Kier molecular flexibility index (Phi) is 3.64. The first-order valence-corrected chi connectivity index (χ1v) is 7.70.